The number of hydrogen-bond acceptors (Lipinski definition) is 3. The van der Waals surface area contributed by atoms with Crippen LogP contribution in [0.15, 0.2) is 0 Å². The van der Waals surface area contributed by atoms with Crippen molar-refractivity contribution < 1.29 is 15.0 Å². The maximum Gasteiger partial charge on any atom is 0.123 e. The van der Waals surface area contributed by atoms with Crippen LogP contribution in [-0.2, 0) is 4.79 Å². The maximum atomic E-state index is 11.6. The zero-order chi connectivity index (χ0) is 16.5. The number of carbonyl (C=O) groups is 1. The van der Waals surface area contributed by atoms with Crippen molar-refractivity contribution in [2.24, 2.45) is 29.1 Å². The van der Waals surface area contributed by atoms with Gasteiger partial charge in [0.05, 0.1) is 11.7 Å². The van der Waals surface area contributed by atoms with Crippen LogP contribution >= 0.6 is 0 Å². The largest absolute Gasteiger partial charge is 0.393 e. The second kappa shape index (κ2) is 6.60. The van der Waals surface area contributed by atoms with Crippen LogP contribution in [-0.4, -0.2) is 28.2 Å². The average Bonchev–Trinajstić information content (AvgIpc) is 2.76. The van der Waals surface area contributed by atoms with Crippen molar-refractivity contribution in [1.82, 2.24) is 0 Å². The predicted octanol–water partition coefficient (Wildman–Crippen LogP) is 3.57. The summed E-state index contributed by atoms with van der Waals surface area (Å²) >= 11 is 0. The highest BCUT2D eigenvalue weighted by atomic mass is 16.3. The van der Waals surface area contributed by atoms with Crippen molar-refractivity contribution in [3.05, 3.63) is 0 Å². The highest BCUT2D eigenvalue weighted by Gasteiger charge is 2.53. The van der Waals surface area contributed by atoms with Crippen LogP contribution in [0.2, 0.25) is 0 Å². The van der Waals surface area contributed by atoms with Gasteiger partial charge in [0.15, 0.2) is 0 Å². The van der Waals surface area contributed by atoms with Gasteiger partial charge in [-0.3, -0.25) is 0 Å². The van der Waals surface area contributed by atoms with E-state index >= 15 is 0 Å². The first-order valence-corrected chi connectivity index (χ1v) is 9.05. The van der Waals surface area contributed by atoms with Gasteiger partial charge in [0.25, 0.3) is 0 Å². The summed E-state index contributed by atoms with van der Waals surface area (Å²) < 4.78 is 0. The summed E-state index contributed by atoms with van der Waals surface area (Å²) in [5.74, 6) is 1.28. The SMILES string of the molecule is C[C@@H](C(C=O)CCC(C)(C)O)C1CCC2[C@@H](O)CCC[C@]12C. The Kier molecular flexibility index (Phi) is 5.38. The van der Waals surface area contributed by atoms with Crippen LogP contribution < -0.4 is 0 Å². The molecule has 6 atom stereocenters. The Balaban J connectivity index is 2.07. The van der Waals surface area contributed by atoms with E-state index in [1.165, 1.54) is 6.42 Å². The number of carbonyl (C=O) groups excluding carboxylic acids is 1. The van der Waals surface area contributed by atoms with Gasteiger partial charge in [-0.25, -0.2) is 0 Å². The van der Waals surface area contributed by atoms with Gasteiger partial charge >= 0.3 is 0 Å². The van der Waals surface area contributed by atoms with Gasteiger partial charge in [0.2, 0.25) is 0 Å². The van der Waals surface area contributed by atoms with Crippen molar-refractivity contribution in [3.63, 3.8) is 0 Å². The number of aldehydes is 1. The fourth-order valence-corrected chi connectivity index (χ4v) is 5.33. The molecule has 0 bridgehead atoms. The van der Waals surface area contributed by atoms with E-state index in [1.807, 2.05) is 13.8 Å². The van der Waals surface area contributed by atoms with E-state index in [0.29, 0.717) is 24.2 Å². The minimum Gasteiger partial charge on any atom is -0.393 e. The summed E-state index contributed by atoms with van der Waals surface area (Å²) in [5.41, 5.74) is -0.517. The molecule has 2 N–H and O–H groups in total. The van der Waals surface area contributed by atoms with Gasteiger partial charge in [-0.1, -0.05) is 20.3 Å². The second-order valence-corrected chi connectivity index (χ2v) is 8.77. The lowest BCUT2D eigenvalue weighted by molar-refractivity contribution is -0.114. The van der Waals surface area contributed by atoms with Crippen LogP contribution in [0.25, 0.3) is 0 Å². The highest BCUT2D eigenvalue weighted by molar-refractivity contribution is 5.54. The van der Waals surface area contributed by atoms with E-state index in [0.717, 1.165) is 38.4 Å². The number of fused-ring (bicyclic) bond motifs is 1. The molecular formula is C19H34O3. The molecule has 2 aliphatic carbocycles. The Morgan fingerprint density at radius 1 is 1.32 bits per heavy atom. The molecule has 0 heterocycles. The molecule has 0 saturated heterocycles. The van der Waals surface area contributed by atoms with Crippen LogP contribution in [0.4, 0.5) is 0 Å². The summed E-state index contributed by atoms with van der Waals surface area (Å²) in [6.07, 6.45) is 7.83. The van der Waals surface area contributed by atoms with Crippen molar-refractivity contribution in [2.45, 2.75) is 84.3 Å². The number of aliphatic hydroxyl groups is 2. The third kappa shape index (κ3) is 3.56. The Hall–Kier alpha value is -0.410. The summed E-state index contributed by atoms with van der Waals surface area (Å²) in [4.78, 5) is 11.6. The molecule has 2 aliphatic rings. The van der Waals surface area contributed by atoms with E-state index in [-0.39, 0.29) is 17.4 Å². The number of aliphatic hydroxyl groups excluding tert-OH is 1. The topological polar surface area (TPSA) is 57.5 Å². The van der Waals surface area contributed by atoms with Crippen LogP contribution in [0.1, 0.15) is 72.6 Å². The molecule has 0 aromatic carbocycles. The van der Waals surface area contributed by atoms with E-state index in [1.54, 1.807) is 0 Å². The fourth-order valence-electron chi connectivity index (χ4n) is 5.33. The molecule has 2 saturated carbocycles. The fraction of sp³-hybridized carbons (Fsp3) is 0.947. The van der Waals surface area contributed by atoms with E-state index in [9.17, 15) is 15.0 Å². The summed E-state index contributed by atoms with van der Waals surface area (Å²) in [6, 6.07) is 0. The molecule has 3 heteroatoms. The molecule has 0 aromatic rings. The monoisotopic (exact) mass is 310 g/mol. The van der Waals surface area contributed by atoms with Gasteiger partial charge in [-0.05, 0) is 75.5 Å². The minimum atomic E-state index is -0.704. The quantitative estimate of drug-likeness (QED) is 0.737. The van der Waals surface area contributed by atoms with Gasteiger partial charge in [0, 0.05) is 5.92 Å². The smallest absolute Gasteiger partial charge is 0.123 e. The molecule has 0 radical (unpaired) electrons. The minimum absolute atomic E-state index is 0.0195. The van der Waals surface area contributed by atoms with Crippen LogP contribution in [0, 0.1) is 29.1 Å². The van der Waals surface area contributed by atoms with E-state index in [2.05, 4.69) is 13.8 Å². The lowest BCUT2D eigenvalue weighted by Crippen LogP contribution is -2.42. The Bertz CT molecular complexity index is 387. The summed E-state index contributed by atoms with van der Waals surface area (Å²) in [7, 11) is 0. The Morgan fingerprint density at radius 3 is 2.59 bits per heavy atom. The number of rotatable bonds is 6. The zero-order valence-electron chi connectivity index (χ0n) is 14.7. The van der Waals surface area contributed by atoms with Gasteiger partial charge in [0.1, 0.15) is 6.29 Å². The van der Waals surface area contributed by atoms with Gasteiger partial charge in [-0.2, -0.15) is 0 Å². The normalized spacial score (nSPS) is 38.4. The van der Waals surface area contributed by atoms with Crippen LogP contribution in [0.5, 0.6) is 0 Å². The van der Waals surface area contributed by atoms with Gasteiger partial charge < -0.3 is 15.0 Å². The molecule has 0 amide bonds. The molecule has 0 spiro atoms. The molecule has 0 aliphatic heterocycles. The standard InChI is InChI=1S/C19H34O3/c1-13(14(12-20)9-11-18(2,3)22)15-7-8-16-17(21)6-5-10-19(15,16)4/h12-17,21-22H,5-11H2,1-4H3/t13-,14?,15?,16?,17-,19+/m0/s1. The molecule has 2 rings (SSSR count). The Labute approximate surface area is 135 Å². The maximum absolute atomic E-state index is 11.6. The first-order chi connectivity index (χ1) is 10.2. The average molecular weight is 310 g/mol. The van der Waals surface area contributed by atoms with Crippen molar-refractivity contribution in [3.8, 4) is 0 Å². The first kappa shape index (κ1) is 17.9. The lowest BCUT2D eigenvalue weighted by atomic mass is 9.60. The lowest BCUT2D eigenvalue weighted by Gasteiger charge is -2.46. The van der Waals surface area contributed by atoms with Crippen molar-refractivity contribution in [2.75, 3.05) is 0 Å². The van der Waals surface area contributed by atoms with Gasteiger partial charge in [-0.15, -0.1) is 0 Å². The van der Waals surface area contributed by atoms with E-state index in [4.69, 9.17) is 0 Å². The highest BCUT2D eigenvalue weighted by Crippen LogP contribution is 2.58. The molecule has 0 aromatic heterocycles. The molecular weight excluding hydrogens is 276 g/mol. The van der Waals surface area contributed by atoms with E-state index < -0.39 is 5.60 Å². The van der Waals surface area contributed by atoms with Crippen molar-refractivity contribution >= 4 is 6.29 Å². The first-order valence-electron chi connectivity index (χ1n) is 9.05. The van der Waals surface area contributed by atoms with Crippen molar-refractivity contribution in [1.29, 1.82) is 0 Å². The summed E-state index contributed by atoms with van der Waals surface area (Å²) in [6.45, 7) is 8.17. The Morgan fingerprint density at radius 2 is 2.00 bits per heavy atom. The second-order valence-electron chi connectivity index (χ2n) is 8.77. The summed E-state index contributed by atoms with van der Waals surface area (Å²) in [5, 5.41) is 20.3. The zero-order valence-corrected chi connectivity index (χ0v) is 14.7. The molecule has 22 heavy (non-hydrogen) atoms. The molecule has 2 fully saturated rings. The molecule has 3 unspecified atom stereocenters. The number of hydrogen-bond donors (Lipinski definition) is 2. The molecule has 3 nitrogen and oxygen atoms in total. The third-order valence-corrected chi connectivity index (χ3v) is 6.74. The van der Waals surface area contributed by atoms with Crippen LogP contribution in [0.3, 0.4) is 0 Å². The third-order valence-electron chi connectivity index (χ3n) is 6.74. The molecule has 128 valence electrons. The predicted molar refractivity (Wildman–Crippen MR) is 88.4 cm³/mol.